The molecule has 0 aliphatic carbocycles. The lowest BCUT2D eigenvalue weighted by atomic mass is 10.1. The molecular weight excluding hydrogens is 392 g/mol. The van der Waals surface area contributed by atoms with E-state index in [1.165, 1.54) is 0 Å². The Bertz CT molecular complexity index is 688. The molecule has 0 atom stereocenters. The number of nitrogens with zero attached hydrogens (tertiary/aromatic N) is 1. The number of ether oxygens (including phenoxy) is 1. The average Bonchev–Trinajstić information content (AvgIpc) is 2.45. The SMILES string of the molecule is O=C(COc1cc(F)ccc1[N+](=O)[O-])c1ccc(I)cc1. The average molecular weight is 401 g/mol. The van der Waals surface area contributed by atoms with Gasteiger partial charge in [0.05, 0.1) is 4.92 Å². The Balaban J connectivity index is 2.12. The molecule has 0 saturated heterocycles. The highest BCUT2D eigenvalue weighted by Gasteiger charge is 2.17. The van der Waals surface area contributed by atoms with E-state index in [0.717, 1.165) is 21.8 Å². The van der Waals surface area contributed by atoms with Crippen molar-refractivity contribution in [2.45, 2.75) is 0 Å². The fourth-order valence-corrected chi connectivity index (χ4v) is 1.98. The first-order valence-electron chi connectivity index (χ1n) is 5.83. The predicted octanol–water partition coefficient (Wildman–Crippen LogP) is 3.60. The molecule has 2 aromatic carbocycles. The summed E-state index contributed by atoms with van der Waals surface area (Å²) >= 11 is 2.11. The number of benzene rings is 2. The summed E-state index contributed by atoms with van der Waals surface area (Å²) in [6.45, 7) is -0.398. The van der Waals surface area contributed by atoms with Crippen LogP contribution < -0.4 is 4.74 Å². The van der Waals surface area contributed by atoms with E-state index in [2.05, 4.69) is 22.6 Å². The number of halogens is 2. The lowest BCUT2D eigenvalue weighted by molar-refractivity contribution is -0.385. The van der Waals surface area contributed by atoms with E-state index in [1.54, 1.807) is 24.3 Å². The molecule has 0 fully saturated rings. The van der Waals surface area contributed by atoms with Crippen LogP contribution in [0.5, 0.6) is 5.75 Å². The van der Waals surface area contributed by atoms with E-state index in [-0.39, 0.29) is 17.2 Å². The van der Waals surface area contributed by atoms with Crippen LogP contribution in [0.2, 0.25) is 0 Å². The molecule has 0 aromatic heterocycles. The molecule has 0 spiro atoms. The molecule has 0 radical (unpaired) electrons. The normalized spacial score (nSPS) is 10.2. The minimum atomic E-state index is -0.690. The van der Waals surface area contributed by atoms with Crippen molar-refractivity contribution in [1.29, 1.82) is 0 Å². The van der Waals surface area contributed by atoms with Gasteiger partial charge in [-0.2, -0.15) is 0 Å². The third kappa shape index (κ3) is 3.97. The summed E-state index contributed by atoms with van der Waals surface area (Å²) in [5, 5.41) is 10.8. The second-order valence-electron chi connectivity index (χ2n) is 4.09. The summed E-state index contributed by atoms with van der Waals surface area (Å²) in [6, 6.07) is 9.64. The summed E-state index contributed by atoms with van der Waals surface area (Å²) in [5.74, 6) is -1.28. The van der Waals surface area contributed by atoms with Crippen molar-refractivity contribution < 1.29 is 18.8 Å². The fraction of sp³-hybridized carbons (Fsp3) is 0.0714. The van der Waals surface area contributed by atoms with Crippen molar-refractivity contribution in [2.75, 3.05) is 6.61 Å². The van der Waals surface area contributed by atoms with Gasteiger partial charge in [0.15, 0.2) is 18.1 Å². The van der Waals surface area contributed by atoms with Gasteiger partial charge >= 0.3 is 5.69 Å². The van der Waals surface area contributed by atoms with Gasteiger partial charge in [-0.25, -0.2) is 4.39 Å². The molecule has 0 heterocycles. The topological polar surface area (TPSA) is 69.4 Å². The highest BCUT2D eigenvalue weighted by atomic mass is 127. The van der Waals surface area contributed by atoms with Crippen LogP contribution in [0.1, 0.15) is 10.4 Å². The van der Waals surface area contributed by atoms with Crippen LogP contribution in [0.15, 0.2) is 42.5 Å². The van der Waals surface area contributed by atoms with Gasteiger partial charge in [-0.15, -0.1) is 0 Å². The molecule has 108 valence electrons. The zero-order valence-electron chi connectivity index (χ0n) is 10.6. The molecule has 0 aliphatic heterocycles. The minimum Gasteiger partial charge on any atom is -0.478 e. The van der Waals surface area contributed by atoms with Crippen LogP contribution in [-0.2, 0) is 0 Å². The summed E-state index contributed by atoms with van der Waals surface area (Å²) in [4.78, 5) is 22.0. The largest absolute Gasteiger partial charge is 0.478 e. The van der Waals surface area contributed by atoms with Gasteiger partial charge in [-0.3, -0.25) is 14.9 Å². The Morgan fingerprint density at radius 2 is 1.90 bits per heavy atom. The number of nitro groups is 1. The molecule has 0 aliphatic rings. The van der Waals surface area contributed by atoms with Crippen LogP contribution in [-0.4, -0.2) is 17.3 Å². The zero-order chi connectivity index (χ0) is 15.4. The minimum absolute atomic E-state index is 0.265. The summed E-state index contributed by atoms with van der Waals surface area (Å²) in [6.07, 6.45) is 0. The van der Waals surface area contributed by atoms with E-state index in [9.17, 15) is 19.3 Å². The first-order valence-corrected chi connectivity index (χ1v) is 6.91. The second kappa shape index (κ2) is 6.61. The molecular formula is C14H9FINO4. The van der Waals surface area contributed by atoms with Gasteiger partial charge < -0.3 is 4.74 Å². The van der Waals surface area contributed by atoms with E-state index in [1.807, 2.05) is 0 Å². The molecule has 0 bridgehead atoms. The molecule has 0 amide bonds. The number of Topliss-reactive ketones (excluding diaryl/α,β-unsaturated/α-hetero) is 1. The molecule has 2 aromatic rings. The monoisotopic (exact) mass is 401 g/mol. The quantitative estimate of drug-likeness (QED) is 0.332. The Kier molecular flexibility index (Phi) is 4.84. The molecule has 0 N–H and O–H groups in total. The number of nitro benzene ring substituents is 1. The number of carbonyl (C=O) groups excluding carboxylic acids is 1. The number of carbonyl (C=O) groups is 1. The van der Waals surface area contributed by atoms with E-state index in [4.69, 9.17) is 4.74 Å². The van der Waals surface area contributed by atoms with Crippen LogP contribution in [0.25, 0.3) is 0 Å². The fourth-order valence-electron chi connectivity index (χ4n) is 1.62. The highest BCUT2D eigenvalue weighted by Crippen LogP contribution is 2.27. The Labute approximate surface area is 133 Å². The first-order chi connectivity index (χ1) is 9.97. The van der Waals surface area contributed by atoms with Gasteiger partial charge in [0.25, 0.3) is 0 Å². The lowest BCUT2D eigenvalue weighted by Crippen LogP contribution is -2.12. The van der Waals surface area contributed by atoms with Gasteiger partial charge in [-0.05, 0) is 40.8 Å². The van der Waals surface area contributed by atoms with Crippen molar-refractivity contribution in [2.24, 2.45) is 0 Å². The highest BCUT2D eigenvalue weighted by molar-refractivity contribution is 14.1. The van der Waals surface area contributed by atoms with Crippen molar-refractivity contribution in [3.63, 3.8) is 0 Å². The number of hydrogen-bond donors (Lipinski definition) is 0. The Morgan fingerprint density at radius 3 is 2.52 bits per heavy atom. The Morgan fingerprint density at radius 1 is 1.24 bits per heavy atom. The summed E-state index contributed by atoms with van der Waals surface area (Å²) < 4.78 is 19.2. The molecule has 21 heavy (non-hydrogen) atoms. The van der Waals surface area contributed by atoms with Crippen molar-refractivity contribution in [3.05, 3.63) is 67.5 Å². The molecule has 2 rings (SSSR count). The van der Waals surface area contributed by atoms with Gasteiger partial charge in [0.1, 0.15) is 5.82 Å². The maximum absolute atomic E-state index is 13.1. The smallest absolute Gasteiger partial charge is 0.311 e. The predicted molar refractivity (Wildman–Crippen MR) is 82.0 cm³/mol. The zero-order valence-corrected chi connectivity index (χ0v) is 12.7. The number of rotatable bonds is 5. The lowest BCUT2D eigenvalue weighted by Gasteiger charge is -2.06. The van der Waals surface area contributed by atoms with Crippen LogP contribution in [0.3, 0.4) is 0 Å². The van der Waals surface area contributed by atoms with Crippen molar-refractivity contribution in [3.8, 4) is 5.75 Å². The van der Waals surface area contributed by atoms with Crippen molar-refractivity contribution >= 4 is 34.1 Å². The van der Waals surface area contributed by atoms with E-state index in [0.29, 0.717) is 5.56 Å². The van der Waals surface area contributed by atoms with E-state index >= 15 is 0 Å². The molecule has 7 heteroatoms. The first kappa shape index (κ1) is 15.4. The number of ketones is 1. The molecule has 0 unspecified atom stereocenters. The third-order valence-corrected chi connectivity index (χ3v) is 3.36. The summed E-state index contributed by atoms with van der Waals surface area (Å²) in [5.41, 5.74) is 0.0429. The van der Waals surface area contributed by atoms with Gasteiger partial charge in [0, 0.05) is 21.3 Å². The maximum atomic E-state index is 13.1. The summed E-state index contributed by atoms with van der Waals surface area (Å²) in [7, 11) is 0. The van der Waals surface area contributed by atoms with E-state index < -0.39 is 17.3 Å². The standard InChI is InChI=1S/C14H9FINO4/c15-10-3-6-12(17(19)20)14(7-10)21-8-13(18)9-1-4-11(16)5-2-9/h1-7H,8H2. The van der Waals surface area contributed by atoms with Crippen LogP contribution in [0.4, 0.5) is 10.1 Å². The van der Waals surface area contributed by atoms with Gasteiger partial charge in [0.2, 0.25) is 0 Å². The molecule has 5 nitrogen and oxygen atoms in total. The van der Waals surface area contributed by atoms with Crippen molar-refractivity contribution in [1.82, 2.24) is 0 Å². The molecule has 0 saturated carbocycles. The second-order valence-corrected chi connectivity index (χ2v) is 5.33. The third-order valence-electron chi connectivity index (χ3n) is 2.64. The van der Waals surface area contributed by atoms with Crippen LogP contribution >= 0.6 is 22.6 Å². The maximum Gasteiger partial charge on any atom is 0.311 e. The Hall–Kier alpha value is -2.03. The van der Waals surface area contributed by atoms with Gasteiger partial charge in [-0.1, -0.05) is 12.1 Å². The van der Waals surface area contributed by atoms with Crippen LogP contribution in [0, 0.1) is 19.5 Å². The number of hydrogen-bond acceptors (Lipinski definition) is 4.